The van der Waals surface area contributed by atoms with Crippen molar-refractivity contribution >= 4 is 17.3 Å². The van der Waals surface area contributed by atoms with Crippen LogP contribution in [-0.2, 0) is 16.2 Å². The zero-order chi connectivity index (χ0) is 39.6. The van der Waals surface area contributed by atoms with Gasteiger partial charge in [-0.1, -0.05) is 169 Å². The standard InChI is InChI=1S/C54H44N4/c1-52(2)43-21-13-10-18-37(43)40-30-34(24-27-46(40)52)50-55-49(33-16-8-7-9-17-33)56-51(57-50)58(35-25-28-47-41(31-35)38-19-11-14-22-44(38)53(47,3)4)36-26-29-48-42(32-36)39-20-12-15-23-45(39)54(48,5)6/h7-32H,1-6H3. The van der Waals surface area contributed by atoms with Crippen LogP contribution in [0.25, 0.3) is 56.2 Å². The minimum atomic E-state index is -0.111. The molecule has 4 nitrogen and oxygen atoms in total. The summed E-state index contributed by atoms with van der Waals surface area (Å²) < 4.78 is 0. The maximum absolute atomic E-state index is 5.44. The molecular formula is C54H44N4. The second-order valence-electron chi connectivity index (χ2n) is 17.7. The smallest absolute Gasteiger partial charge is 0.238 e. The fourth-order valence-corrected chi connectivity index (χ4v) is 10.2. The Labute approximate surface area is 341 Å². The van der Waals surface area contributed by atoms with Gasteiger partial charge in [0.05, 0.1) is 0 Å². The average molecular weight is 749 g/mol. The number of benzene rings is 7. The molecule has 280 valence electrons. The van der Waals surface area contributed by atoms with E-state index in [0.717, 1.165) is 22.5 Å². The van der Waals surface area contributed by atoms with Gasteiger partial charge in [-0.15, -0.1) is 0 Å². The summed E-state index contributed by atoms with van der Waals surface area (Å²) in [7, 11) is 0. The summed E-state index contributed by atoms with van der Waals surface area (Å²) in [5.74, 6) is 1.84. The molecule has 3 aliphatic rings. The van der Waals surface area contributed by atoms with Crippen molar-refractivity contribution in [1.82, 2.24) is 15.0 Å². The molecule has 3 aliphatic carbocycles. The zero-order valence-electron chi connectivity index (χ0n) is 33.8. The highest BCUT2D eigenvalue weighted by Crippen LogP contribution is 2.53. The largest absolute Gasteiger partial charge is 0.279 e. The number of aromatic nitrogens is 3. The Bertz CT molecular complexity index is 2880. The van der Waals surface area contributed by atoms with Gasteiger partial charge < -0.3 is 0 Å². The van der Waals surface area contributed by atoms with Crippen molar-refractivity contribution in [2.45, 2.75) is 57.8 Å². The van der Waals surface area contributed by atoms with Gasteiger partial charge in [-0.3, -0.25) is 4.90 Å². The maximum atomic E-state index is 5.44. The first-order chi connectivity index (χ1) is 28.0. The van der Waals surface area contributed by atoms with Crippen molar-refractivity contribution in [2.24, 2.45) is 0 Å². The lowest BCUT2D eigenvalue weighted by Crippen LogP contribution is -2.18. The predicted molar refractivity (Wildman–Crippen MR) is 238 cm³/mol. The van der Waals surface area contributed by atoms with Crippen LogP contribution in [0.15, 0.2) is 158 Å². The molecule has 8 aromatic rings. The highest BCUT2D eigenvalue weighted by atomic mass is 15.3. The van der Waals surface area contributed by atoms with Crippen molar-refractivity contribution in [2.75, 3.05) is 4.90 Å². The third kappa shape index (κ3) is 4.91. The van der Waals surface area contributed by atoms with Gasteiger partial charge >= 0.3 is 0 Å². The number of anilines is 3. The summed E-state index contributed by atoms with van der Waals surface area (Å²) in [5, 5.41) is 0. The van der Waals surface area contributed by atoms with E-state index in [2.05, 4.69) is 186 Å². The summed E-state index contributed by atoms with van der Waals surface area (Å²) in [4.78, 5) is 18.3. The Hall–Kier alpha value is -6.65. The molecule has 0 radical (unpaired) electrons. The molecule has 0 amide bonds. The van der Waals surface area contributed by atoms with Crippen LogP contribution in [0.2, 0.25) is 0 Å². The fraction of sp³-hybridized carbons (Fsp3) is 0.167. The number of fused-ring (bicyclic) bond motifs is 9. The van der Waals surface area contributed by atoms with Crippen LogP contribution in [0.4, 0.5) is 17.3 Å². The molecule has 11 rings (SSSR count). The molecule has 7 aromatic carbocycles. The van der Waals surface area contributed by atoms with E-state index in [4.69, 9.17) is 15.0 Å². The van der Waals surface area contributed by atoms with E-state index < -0.39 is 0 Å². The molecule has 0 fully saturated rings. The van der Waals surface area contributed by atoms with E-state index in [-0.39, 0.29) is 16.2 Å². The molecule has 0 atom stereocenters. The van der Waals surface area contributed by atoms with Crippen LogP contribution >= 0.6 is 0 Å². The zero-order valence-corrected chi connectivity index (χ0v) is 33.8. The second-order valence-corrected chi connectivity index (χ2v) is 17.7. The minimum absolute atomic E-state index is 0.0950. The molecule has 0 N–H and O–H groups in total. The van der Waals surface area contributed by atoms with Gasteiger partial charge in [0.15, 0.2) is 11.6 Å². The van der Waals surface area contributed by atoms with Gasteiger partial charge in [0.25, 0.3) is 0 Å². The van der Waals surface area contributed by atoms with Crippen molar-refractivity contribution in [1.29, 1.82) is 0 Å². The predicted octanol–water partition coefficient (Wildman–Crippen LogP) is 13.6. The summed E-state index contributed by atoms with van der Waals surface area (Å²) >= 11 is 0. The van der Waals surface area contributed by atoms with Gasteiger partial charge in [0, 0.05) is 38.7 Å². The molecule has 1 heterocycles. The third-order valence-corrected chi connectivity index (χ3v) is 13.3. The summed E-state index contributed by atoms with van der Waals surface area (Å²) in [6, 6.07) is 57.3. The lowest BCUT2D eigenvalue weighted by atomic mass is 9.82. The third-order valence-electron chi connectivity index (χ3n) is 13.3. The Morgan fingerprint density at radius 2 is 0.707 bits per heavy atom. The highest BCUT2D eigenvalue weighted by molar-refractivity contribution is 5.89. The van der Waals surface area contributed by atoms with Gasteiger partial charge in [0.1, 0.15) is 0 Å². The Kier molecular flexibility index (Phi) is 7.26. The number of hydrogen-bond donors (Lipinski definition) is 0. The van der Waals surface area contributed by atoms with Gasteiger partial charge in [-0.05, 0) is 97.1 Å². The number of nitrogens with zero attached hydrogens (tertiary/aromatic N) is 4. The Balaban J connectivity index is 1.16. The van der Waals surface area contributed by atoms with Gasteiger partial charge in [-0.2, -0.15) is 9.97 Å². The fourth-order valence-electron chi connectivity index (χ4n) is 10.2. The Morgan fingerprint density at radius 1 is 0.328 bits per heavy atom. The van der Waals surface area contributed by atoms with Crippen LogP contribution in [0.3, 0.4) is 0 Å². The molecule has 0 saturated heterocycles. The first-order valence-corrected chi connectivity index (χ1v) is 20.4. The molecule has 58 heavy (non-hydrogen) atoms. The second kappa shape index (κ2) is 12.2. The Morgan fingerprint density at radius 3 is 1.19 bits per heavy atom. The maximum Gasteiger partial charge on any atom is 0.238 e. The summed E-state index contributed by atoms with van der Waals surface area (Å²) in [6.45, 7) is 13.9. The van der Waals surface area contributed by atoms with E-state index in [1.54, 1.807) is 0 Å². The van der Waals surface area contributed by atoms with Crippen LogP contribution in [0.5, 0.6) is 0 Å². The molecule has 0 unspecified atom stereocenters. The van der Waals surface area contributed by atoms with Crippen LogP contribution in [0, 0.1) is 0 Å². The summed E-state index contributed by atoms with van der Waals surface area (Å²) in [6.07, 6.45) is 0. The van der Waals surface area contributed by atoms with Crippen molar-refractivity contribution in [3.8, 4) is 56.2 Å². The van der Waals surface area contributed by atoms with E-state index in [9.17, 15) is 0 Å². The van der Waals surface area contributed by atoms with Gasteiger partial charge in [0.2, 0.25) is 5.95 Å². The van der Waals surface area contributed by atoms with Crippen LogP contribution in [-0.4, -0.2) is 15.0 Å². The SMILES string of the molecule is CC1(C)c2ccccc2-c2cc(-c3nc(-c4ccccc4)nc(N(c4ccc5c(c4)-c4ccccc4C5(C)C)c4ccc5c(c4)-c4ccccc4C5(C)C)n3)ccc21. The normalized spacial score (nSPS) is 15.5. The van der Waals surface area contributed by atoms with E-state index in [1.165, 1.54) is 66.8 Å². The van der Waals surface area contributed by atoms with Crippen molar-refractivity contribution in [3.05, 3.63) is 191 Å². The van der Waals surface area contributed by atoms with Crippen molar-refractivity contribution in [3.63, 3.8) is 0 Å². The first kappa shape index (κ1) is 34.6. The highest BCUT2D eigenvalue weighted by Gasteiger charge is 2.39. The topological polar surface area (TPSA) is 41.9 Å². The molecule has 0 bridgehead atoms. The lowest BCUT2D eigenvalue weighted by molar-refractivity contribution is 0.660. The summed E-state index contributed by atoms with van der Waals surface area (Å²) in [5.41, 5.74) is 19.1. The number of rotatable bonds is 5. The van der Waals surface area contributed by atoms with Crippen molar-refractivity contribution < 1.29 is 0 Å². The quantitative estimate of drug-likeness (QED) is 0.176. The van der Waals surface area contributed by atoms with Crippen LogP contribution in [0.1, 0.15) is 74.9 Å². The minimum Gasteiger partial charge on any atom is -0.279 e. The first-order valence-electron chi connectivity index (χ1n) is 20.4. The molecular weight excluding hydrogens is 705 g/mol. The average Bonchev–Trinajstić information content (AvgIpc) is 3.73. The van der Waals surface area contributed by atoms with E-state index in [0.29, 0.717) is 17.6 Å². The number of hydrogen-bond acceptors (Lipinski definition) is 4. The molecule has 0 aliphatic heterocycles. The molecule has 4 heteroatoms. The lowest BCUT2D eigenvalue weighted by Gasteiger charge is -2.27. The molecule has 0 saturated carbocycles. The van der Waals surface area contributed by atoms with E-state index >= 15 is 0 Å². The monoisotopic (exact) mass is 748 g/mol. The van der Waals surface area contributed by atoms with Gasteiger partial charge in [-0.25, -0.2) is 4.98 Å². The molecule has 0 spiro atoms. The molecule has 1 aromatic heterocycles. The van der Waals surface area contributed by atoms with Crippen LogP contribution < -0.4 is 4.90 Å². The van der Waals surface area contributed by atoms with E-state index in [1.807, 2.05) is 18.2 Å².